The van der Waals surface area contributed by atoms with Gasteiger partial charge in [0, 0.05) is 39.1 Å². The molecule has 1 atom stereocenters. The summed E-state index contributed by atoms with van der Waals surface area (Å²) in [5.41, 5.74) is 0. The lowest BCUT2D eigenvalue weighted by Gasteiger charge is -2.31. The summed E-state index contributed by atoms with van der Waals surface area (Å²) in [4.78, 5) is 30.1. The Bertz CT molecular complexity index is 558. The van der Waals surface area contributed by atoms with Crippen molar-refractivity contribution >= 4 is 11.8 Å². The van der Waals surface area contributed by atoms with E-state index in [1.165, 1.54) is 7.11 Å². The van der Waals surface area contributed by atoms with E-state index in [1.54, 1.807) is 4.90 Å². The molecule has 0 aromatic carbocycles. The quantitative estimate of drug-likeness (QED) is 0.787. The number of nitrogens with one attached hydrogen (secondary N) is 1. The normalized spacial score (nSPS) is 18.0. The van der Waals surface area contributed by atoms with E-state index < -0.39 is 0 Å². The summed E-state index contributed by atoms with van der Waals surface area (Å²) in [7, 11) is 1.49. The van der Waals surface area contributed by atoms with Crippen molar-refractivity contribution in [3.05, 3.63) is 11.7 Å². The van der Waals surface area contributed by atoms with Crippen LogP contribution in [0, 0.1) is 5.92 Å². The van der Waals surface area contributed by atoms with Crippen molar-refractivity contribution in [2.24, 2.45) is 5.92 Å². The van der Waals surface area contributed by atoms with Crippen molar-refractivity contribution in [1.82, 2.24) is 20.4 Å². The highest BCUT2D eigenvalue weighted by Gasteiger charge is 2.28. The average molecular weight is 338 g/mol. The van der Waals surface area contributed by atoms with Gasteiger partial charge in [-0.3, -0.25) is 9.59 Å². The molecule has 8 nitrogen and oxygen atoms in total. The fourth-order valence-corrected chi connectivity index (χ4v) is 2.67. The lowest BCUT2D eigenvalue weighted by Crippen LogP contribution is -2.46. The number of amides is 2. The second-order valence-electron chi connectivity index (χ2n) is 6.35. The Morgan fingerprint density at radius 3 is 2.92 bits per heavy atom. The summed E-state index contributed by atoms with van der Waals surface area (Å²) in [6.07, 6.45) is 2.13. The van der Waals surface area contributed by atoms with Gasteiger partial charge in [-0.25, -0.2) is 0 Å². The highest BCUT2D eigenvalue weighted by atomic mass is 16.5. The second kappa shape index (κ2) is 8.77. The zero-order chi connectivity index (χ0) is 17.5. The minimum atomic E-state index is -0.173. The number of piperidine rings is 1. The van der Waals surface area contributed by atoms with Crippen LogP contribution < -0.4 is 5.32 Å². The lowest BCUT2D eigenvalue weighted by atomic mass is 9.97. The summed E-state index contributed by atoms with van der Waals surface area (Å²) >= 11 is 0. The number of carbonyl (C=O) groups excluding carboxylic acids is 2. The maximum absolute atomic E-state index is 12.3. The van der Waals surface area contributed by atoms with Gasteiger partial charge in [-0.2, -0.15) is 4.98 Å². The van der Waals surface area contributed by atoms with Crippen molar-refractivity contribution < 1.29 is 18.8 Å². The van der Waals surface area contributed by atoms with Gasteiger partial charge in [-0.1, -0.05) is 19.0 Å². The molecule has 0 radical (unpaired) electrons. The summed E-state index contributed by atoms with van der Waals surface area (Å²) in [6, 6.07) is 0. The first kappa shape index (κ1) is 18.4. The van der Waals surface area contributed by atoms with Crippen LogP contribution in [0.2, 0.25) is 0 Å². The molecule has 1 N–H and O–H groups in total. The summed E-state index contributed by atoms with van der Waals surface area (Å²) in [6.45, 7) is 5.63. The molecule has 1 aliphatic heterocycles. The van der Waals surface area contributed by atoms with Gasteiger partial charge in [0.05, 0.1) is 5.92 Å². The van der Waals surface area contributed by atoms with Gasteiger partial charge >= 0.3 is 0 Å². The van der Waals surface area contributed by atoms with E-state index in [0.717, 1.165) is 12.8 Å². The average Bonchev–Trinajstić information content (AvgIpc) is 3.04. The van der Waals surface area contributed by atoms with Gasteiger partial charge in [-0.15, -0.1) is 0 Å². The fourth-order valence-electron chi connectivity index (χ4n) is 2.67. The molecule has 1 saturated heterocycles. The number of hydrogen-bond donors (Lipinski definition) is 1. The van der Waals surface area contributed by atoms with Crippen LogP contribution in [0.3, 0.4) is 0 Å². The molecule has 134 valence electrons. The van der Waals surface area contributed by atoms with E-state index in [9.17, 15) is 9.59 Å². The zero-order valence-corrected chi connectivity index (χ0v) is 14.6. The van der Waals surface area contributed by atoms with Crippen molar-refractivity contribution in [2.45, 2.75) is 39.0 Å². The van der Waals surface area contributed by atoms with Crippen molar-refractivity contribution in [1.29, 1.82) is 0 Å². The van der Waals surface area contributed by atoms with Gasteiger partial charge in [0.1, 0.15) is 6.61 Å². The second-order valence-corrected chi connectivity index (χ2v) is 6.35. The predicted octanol–water partition coefficient (Wildman–Crippen LogP) is 0.737. The number of aromatic nitrogens is 2. The summed E-state index contributed by atoms with van der Waals surface area (Å²) in [5.74, 6) is 1.15. The van der Waals surface area contributed by atoms with E-state index in [4.69, 9.17) is 9.26 Å². The molecule has 2 amide bonds. The number of rotatable bonds is 7. The first-order valence-electron chi connectivity index (χ1n) is 8.38. The molecule has 0 bridgehead atoms. The third-order valence-corrected chi connectivity index (χ3v) is 4.05. The van der Waals surface area contributed by atoms with E-state index in [2.05, 4.69) is 15.5 Å². The zero-order valence-electron chi connectivity index (χ0n) is 14.6. The minimum absolute atomic E-state index is 0.0338. The fraction of sp³-hybridized carbons (Fsp3) is 0.750. The molecule has 1 aromatic rings. The monoisotopic (exact) mass is 338 g/mol. The predicted molar refractivity (Wildman–Crippen MR) is 86.3 cm³/mol. The number of nitrogens with zero attached hydrogens (tertiary/aromatic N) is 3. The Kier molecular flexibility index (Phi) is 6.72. The van der Waals surface area contributed by atoms with Crippen LogP contribution in [-0.2, 0) is 20.7 Å². The topological polar surface area (TPSA) is 97.6 Å². The van der Waals surface area contributed by atoms with Gasteiger partial charge in [0.2, 0.25) is 17.7 Å². The maximum atomic E-state index is 12.3. The number of carbonyl (C=O) groups is 2. The van der Waals surface area contributed by atoms with E-state index in [0.29, 0.717) is 37.8 Å². The smallest absolute Gasteiger partial charge is 0.248 e. The highest BCUT2D eigenvalue weighted by Crippen LogP contribution is 2.17. The Morgan fingerprint density at radius 2 is 2.25 bits per heavy atom. The van der Waals surface area contributed by atoms with Crippen LogP contribution in [0.25, 0.3) is 0 Å². The molecule has 1 fully saturated rings. The first-order valence-corrected chi connectivity index (χ1v) is 8.38. The minimum Gasteiger partial charge on any atom is -0.375 e. The molecule has 0 aliphatic carbocycles. The van der Waals surface area contributed by atoms with Crippen molar-refractivity contribution in [3.63, 3.8) is 0 Å². The Balaban J connectivity index is 1.76. The van der Waals surface area contributed by atoms with Crippen LogP contribution in [0.15, 0.2) is 4.52 Å². The molecule has 1 aliphatic rings. The summed E-state index contributed by atoms with van der Waals surface area (Å²) in [5, 5.41) is 6.79. The Labute approximate surface area is 141 Å². The number of likely N-dealkylation sites (tertiary alicyclic amines) is 1. The maximum Gasteiger partial charge on any atom is 0.248 e. The molecule has 0 spiro atoms. The number of ether oxygens (including phenoxy) is 1. The molecule has 0 unspecified atom stereocenters. The van der Waals surface area contributed by atoms with Crippen LogP contribution in [0.5, 0.6) is 0 Å². The molecule has 2 rings (SSSR count). The molecule has 1 aromatic heterocycles. The third kappa shape index (κ3) is 5.02. The first-order chi connectivity index (χ1) is 11.5. The van der Waals surface area contributed by atoms with E-state index in [-0.39, 0.29) is 30.3 Å². The number of methoxy groups -OCH3 is 1. The summed E-state index contributed by atoms with van der Waals surface area (Å²) < 4.78 is 10.0. The molecule has 2 heterocycles. The molecule has 8 heteroatoms. The highest BCUT2D eigenvalue weighted by molar-refractivity contribution is 5.81. The third-order valence-electron chi connectivity index (χ3n) is 4.05. The van der Waals surface area contributed by atoms with Gasteiger partial charge in [0.15, 0.2) is 5.82 Å². The van der Waals surface area contributed by atoms with Crippen molar-refractivity contribution in [2.75, 3.05) is 33.4 Å². The van der Waals surface area contributed by atoms with Gasteiger partial charge in [0.25, 0.3) is 0 Å². The molecule has 24 heavy (non-hydrogen) atoms. The lowest BCUT2D eigenvalue weighted by molar-refractivity contribution is -0.138. The van der Waals surface area contributed by atoms with Crippen molar-refractivity contribution in [3.8, 4) is 0 Å². The Morgan fingerprint density at radius 1 is 1.46 bits per heavy atom. The van der Waals surface area contributed by atoms with Gasteiger partial charge < -0.3 is 19.5 Å². The molecular weight excluding hydrogens is 312 g/mol. The Hall–Kier alpha value is -1.96. The van der Waals surface area contributed by atoms with Crippen LogP contribution in [0.1, 0.15) is 44.3 Å². The standard InChI is InChI=1S/C16H26N4O4/c1-11(2)15-18-13(24-19-15)6-7-17-16(22)12-5-4-8-20(9-12)14(21)10-23-3/h11-12H,4-10H2,1-3H3,(H,17,22)/t12-/m1/s1. The van der Waals surface area contributed by atoms with Crippen LogP contribution in [-0.4, -0.2) is 60.2 Å². The molecule has 0 saturated carbocycles. The van der Waals surface area contributed by atoms with E-state index >= 15 is 0 Å². The largest absolute Gasteiger partial charge is 0.375 e. The SMILES string of the molecule is COCC(=O)N1CCC[C@@H](C(=O)NCCc2nc(C(C)C)no2)C1. The van der Waals surface area contributed by atoms with Crippen LogP contribution in [0.4, 0.5) is 0 Å². The van der Waals surface area contributed by atoms with E-state index in [1.807, 2.05) is 13.8 Å². The number of hydrogen-bond acceptors (Lipinski definition) is 6. The van der Waals surface area contributed by atoms with Gasteiger partial charge in [-0.05, 0) is 12.8 Å². The molecular formula is C16H26N4O4. The van der Waals surface area contributed by atoms with Crippen LogP contribution >= 0.6 is 0 Å².